The molecule has 19 heteroatoms. The summed E-state index contributed by atoms with van der Waals surface area (Å²) in [5.74, 6) is -7.95. The molecule has 1 aliphatic rings. The molecule has 0 bridgehead atoms. The van der Waals surface area contributed by atoms with Crippen molar-refractivity contribution in [3.8, 4) is 0 Å². The van der Waals surface area contributed by atoms with Crippen molar-refractivity contribution in [3.05, 3.63) is 36.6 Å². The van der Waals surface area contributed by atoms with E-state index in [0.717, 1.165) is 63.6 Å². The SMILES string of the molecule is COC(CCCCC=CCCCCCCCC=CC(=O)NC=CC(=O)NC1COC(=O)C(CO)NC(=O)C(CCO)NC(=O)C(C(C)C)NC1=O)(CC(=O)O)C(=O)O. The molecule has 5 atom stereocenters. The van der Waals surface area contributed by atoms with E-state index in [9.17, 15) is 53.7 Å². The molecular formula is C39H61N5O14. The first kappa shape index (κ1) is 50.9. The summed E-state index contributed by atoms with van der Waals surface area (Å²) in [6.45, 7) is 1.18. The third-order valence-corrected chi connectivity index (χ3v) is 9.16. The van der Waals surface area contributed by atoms with Crippen molar-refractivity contribution in [2.75, 3.05) is 26.9 Å². The van der Waals surface area contributed by atoms with Crippen molar-refractivity contribution in [2.45, 2.75) is 127 Å². The van der Waals surface area contributed by atoms with Crippen molar-refractivity contribution in [3.63, 3.8) is 0 Å². The Labute approximate surface area is 338 Å². The number of amides is 5. The van der Waals surface area contributed by atoms with Crippen molar-refractivity contribution in [1.29, 1.82) is 0 Å². The highest BCUT2D eigenvalue weighted by Crippen LogP contribution is 2.24. The molecule has 1 heterocycles. The van der Waals surface area contributed by atoms with Crippen molar-refractivity contribution in [1.82, 2.24) is 26.6 Å². The molecule has 0 spiro atoms. The molecule has 5 amide bonds. The van der Waals surface area contributed by atoms with Gasteiger partial charge < -0.3 is 56.5 Å². The lowest BCUT2D eigenvalue weighted by molar-refractivity contribution is -0.170. The van der Waals surface area contributed by atoms with Gasteiger partial charge in [-0.05, 0) is 69.8 Å². The first-order valence-electron chi connectivity index (χ1n) is 19.5. The first-order chi connectivity index (χ1) is 27.6. The third-order valence-electron chi connectivity index (χ3n) is 9.16. The maximum absolute atomic E-state index is 13.2. The number of ether oxygens (including phenoxy) is 2. The summed E-state index contributed by atoms with van der Waals surface area (Å²) in [6, 6.07) is -5.54. The van der Waals surface area contributed by atoms with Crippen LogP contribution in [0, 0.1) is 5.92 Å². The Kier molecular flexibility index (Phi) is 24.8. The summed E-state index contributed by atoms with van der Waals surface area (Å²) in [6.07, 6.45) is 17.0. The van der Waals surface area contributed by atoms with Gasteiger partial charge in [0.25, 0.3) is 0 Å². The molecule has 9 N–H and O–H groups in total. The normalized spacial score (nSPS) is 20.7. The number of nitrogens with one attached hydrogen (secondary N) is 5. The number of methoxy groups -OCH3 is 1. The van der Waals surface area contributed by atoms with Crippen LogP contribution >= 0.6 is 0 Å². The van der Waals surface area contributed by atoms with Crippen LogP contribution in [0.4, 0.5) is 0 Å². The van der Waals surface area contributed by atoms with E-state index in [0.29, 0.717) is 12.8 Å². The van der Waals surface area contributed by atoms with Gasteiger partial charge in [-0.1, -0.05) is 51.3 Å². The minimum absolute atomic E-state index is 0.124. The van der Waals surface area contributed by atoms with E-state index in [1.807, 2.05) is 6.08 Å². The lowest BCUT2D eigenvalue weighted by Gasteiger charge is -2.26. The largest absolute Gasteiger partial charge is 0.481 e. The van der Waals surface area contributed by atoms with Crippen LogP contribution in [0.15, 0.2) is 36.6 Å². The smallest absolute Gasteiger partial charge is 0.336 e. The molecule has 58 heavy (non-hydrogen) atoms. The number of hydrogen-bond donors (Lipinski definition) is 9. The summed E-state index contributed by atoms with van der Waals surface area (Å²) in [7, 11) is 1.21. The number of aliphatic carboxylic acids is 2. The van der Waals surface area contributed by atoms with E-state index in [-0.39, 0.29) is 12.8 Å². The number of aliphatic hydroxyl groups excluding tert-OH is 2. The lowest BCUT2D eigenvalue weighted by Crippen LogP contribution is -2.59. The maximum atomic E-state index is 13.2. The van der Waals surface area contributed by atoms with Crippen LogP contribution in [0.3, 0.4) is 0 Å². The average Bonchev–Trinajstić information content (AvgIpc) is 3.17. The Morgan fingerprint density at radius 3 is 1.98 bits per heavy atom. The summed E-state index contributed by atoms with van der Waals surface area (Å²) in [4.78, 5) is 99.0. The van der Waals surface area contributed by atoms with Crippen LogP contribution in [0.1, 0.15) is 97.3 Å². The van der Waals surface area contributed by atoms with Gasteiger partial charge in [0.15, 0.2) is 11.6 Å². The van der Waals surface area contributed by atoms with Crippen molar-refractivity contribution in [2.24, 2.45) is 5.92 Å². The summed E-state index contributed by atoms with van der Waals surface area (Å²) < 4.78 is 10.2. The summed E-state index contributed by atoms with van der Waals surface area (Å²) in [5, 5.41) is 49.4. The molecule has 1 aliphatic heterocycles. The highest BCUT2D eigenvalue weighted by Gasteiger charge is 2.40. The fraction of sp³-hybridized carbons (Fsp3) is 0.641. The van der Waals surface area contributed by atoms with Gasteiger partial charge in [0, 0.05) is 26.0 Å². The molecule has 326 valence electrons. The Morgan fingerprint density at radius 2 is 1.41 bits per heavy atom. The zero-order valence-corrected chi connectivity index (χ0v) is 33.5. The molecule has 0 radical (unpaired) electrons. The second-order valence-corrected chi connectivity index (χ2v) is 14.1. The highest BCUT2D eigenvalue weighted by atomic mass is 16.5. The minimum Gasteiger partial charge on any atom is -0.481 e. The molecule has 0 aliphatic carbocycles. The number of carbonyl (C=O) groups excluding carboxylic acids is 6. The van der Waals surface area contributed by atoms with Gasteiger partial charge in [0.2, 0.25) is 29.5 Å². The number of aliphatic hydroxyl groups is 2. The average molecular weight is 824 g/mol. The number of allylic oxidation sites excluding steroid dienone is 3. The van der Waals surface area contributed by atoms with Gasteiger partial charge in [-0.2, -0.15) is 0 Å². The molecule has 0 aromatic heterocycles. The topological polar surface area (TPSA) is 296 Å². The standard InChI is InChI=1S/C39H61N5O14/c1-26(2)33-36(53)42-27(19-22-45)34(51)43-28(24-46)37(54)58-25-29(35(52)44-33)41-31(48)18-21-40-30(47)17-15-13-11-9-7-5-4-6-8-10-12-14-16-20-39(57-3,38(55)56)23-32(49)50/h8,10,15,17-18,21,26-29,33,45-46H,4-7,9,11-14,16,19-20,22-25H2,1-3H3,(H,40,47)(H,41,48)(H,42,53)(H,43,51)(H,44,52)(H,49,50)(H,55,56). The van der Waals surface area contributed by atoms with Crippen LogP contribution < -0.4 is 26.6 Å². The number of unbranched alkanes of at least 4 members (excludes halogenated alkanes) is 8. The molecule has 1 saturated heterocycles. The van der Waals surface area contributed by atoms with Crippen molar-refractivity contribution < 1.29 is 68.3 Å². The first-order valence-corrected chi connectivity index (χ1v) is 19.5. The zero-order valence-electron chi connectivity index (χ0n) is 33.5. The molecule has 19 nitrogen and oxygen atoms in total. The van der Waals surface area contributed by atoms with E-state index in [2.05, 4.69) is 32.7 Å². The molecule has 5 unspecified atom stereocenters. The van der Waals surface area contributed by atoms with Gasteiger partial charge in [-0.15, -0.1) is 0 Å². The zero-order chi connectivity index (χ0) is 43.5. The van der Waals surface area contributed by atoms with E-state index < -0.39 is 109 Å². The van der Waals surface area contributed by atoms with Gasteiger partial charge in [0.05, 0.1) is 13.0 Å². The fourth-order valence-electron chi connectivity index (χ4n) is 5.75. The predicted octanol–water partition coefficient (Wildman–Crippen LogP) is 0.491. The monoisotopic (exact) mass is 823 g/mol. The highest BCUT2D eigenvalue weighted by molar-refractivity contribution is 5.97. The quantitative estimate of drug-likeness (QED) is 0.0262. The fourth-order valence-corrected chi connectivity index (χ4v) is 5.75. The molecule has 0 saturated carbocycles. The number of carboxylic acids is 2. The van der Waals surface area contributed by atoms with E-state index in [1.54, 1.807) is 19.9 Å². The molecule has 0 aromatic rings. The second kappa shape index (κ2) is 28.3. The number of hydrogen-bond acceptors (Lipinski definition) is 12. The van der Waals surface area contributed by atoms with Crippen LogP contribution in [0.25, 0.3) is 0 Å². The van der Waals surface area contributed by atoms with Crippen LogP contribution in [-0.4, -0.2) is 125 Å². The van der Waals surface area contributed by atoms with Crippen LogP contribution in [-0.2, 0) is 47.8 Å². The minimum atomic E-state index is -1.70. The lowest BCUT2D eigenvalue weighted by atomic mass is 9.92. The Balaban J connectivity index is 2.49. The molecule has 1 rings (SSSR count). The van der Waals surface area contributed by atoms with E-state index in [1.165, 1.54) is 13.2 Å². The van der Waals surface area contributed by atoms with Gasteiger partial charge in [0.1, 0.15) is 24.7 Å². The number of esters is 1. The number of cyclic esters (lactones) is 1. The molecular weight excluding hydrogens is 762 g/mol. The van der Waals surface area contributed by atoms with E-state index in [4.69, 9.17) is 14.6 Å². The molecule has 0 aromatic carbocycles. The van der Waals surface area contributed by atoms with Crippen LogP contribution in [0.5, 0.6) is 0 Å². The Morgan fingerprint density at radius 1 is 0.810 bits per heavy atom. The summed E-state index contributed by atoms with van der Waals surface area (Å²) in [5.41, 5.74) is -1.70. The number of rotatable bonds is 25. The maximum Gasteiger partial charge on any atom is 0.336 e. The third kappa shape index (κ3) is 19.8. The Hall–Kier alpha value is -5.14. The van der Waals surface area contributed by atoms with Gasteiger partial charge in [-0.25, -0.2) is 9.59 Å². The van der Waals surface area contributed by atoms with Gasteiger partial charge >= 0.3 is 17.9 Å². The predicted molar refractivity (Wildman–Crippen MR) is 208 cm³/mol. The summed E-state index contributed by atoms with van der Waals surface area (Å²) >= 11 is 0. The molecule has 1 fully saturated rings. The second-order valence-electron chi connectivity index (χ2n) is 14.1. The number of carbonyl (C=O) groups is 8. The van der Waals surface area contributed by atoms with Gasteiger partial charge in [-0.3, -0.25) is 28.8 Å². The Bertz CT molecular complexity index is 1470. The van der Waals surface area contributed by atoms with Crippen molar-refractivity contribution >= 4 is 47.4 Å². The van der Waals surface area contributed by atoms with E-state index >= 15 is 0 Å². The number of carboxylic acid groups (broad SMARTS) is 2. The van der Waals surface area contributed by atoms with Crippen LogP contribution in [0.2, 0.25) is 0 Å².